The number of rotatable bonds is 3. The third kappa shape index (κ3) is 2.57. The highest BCUT2D eigenvalue weighted by Gasteiger charge is 2.18. The molecule has 0 bridgehead atoms. The van der Waals surface area contributed by atoms with Gasteiger partial charge in [-0.1, -0.05) is 6.07 Å². The lowest BCUT2D eigenvalue weighted by Crippen LogP contribution is -1.95. The zero-order chi connectivity index (χ0) is 13.1. The van der Waals surface area contributed by atoms with E-state index in [1.165, 1.54) is 24.5 Å². The Labute approximate surface area is 111 Å². The van der Waals surface area contributed by atoms with Gasteiger partial charge in [0.05, 0.1) is 27.5 Å². The van der Waals surface area contributed by atoms with Crippen LogP contribution in [-0.4, -0.2) is 9.91 Å². The predicted octanol–water partition coefficient (Wildman–Crippen LogP) is 3.13. The Kier molecular flexibility index (Phi) is 3.42. The number of hydrogen-bond acceptors (Lipinski definition) is 5. The van der Waals surface area contributed by atoms with Crippen LogP contribution in [0.1, 0.15) is 0 Å². The molecule has 1 aromatic carbocycles. The maximum Gasteiger partial charge on any atom is 0.312 e. The van der Waals surface area contributed by atoms with E-state index in [2.05, 4.69) is 20.9 Å². The van der Waals surface area contributed by atoms with Crippen LogP contribution in [0, 0.1) is 10.1 Å². The van der Waals surface area contributed by atoms with Crippen molar-refractivity contribution in [2.75, 3.05) is 5.73 Å². The summed E-state index contributed by atoms with van der Waals surface area (Å²) >= 11 is 3.21. The van der Waals surface area contributed by atoms with E-state index in [4.69, 9.17) is 10.5 Å². The van der Waals surface area contributed by atoms with Crippen LogP contribution in [0.25, 0.3) is 0 Å². The molecule has 0 spiro atoms. The lowest BCUT2D eigenvalue weighted by molar-refractivity contribution is -0.385. The lowest BCUT2D eigenvalue weighted by atomic mass is 10.3. The van der Waals surface area contributed by atoms with Crippen molar-refractivity contribution in [3.05, 3.63) is 51.2 Å². The van der Waals surface area contributed by atoms with Crippen LogP contribution < -0.4 is 10.5 Å². The lowest BCUT2D eigenvalue weighted by Gasteiger charge is -2.07. The number of nitrogens with two attached hydrogens (primary N) is 1. The van der Waals surface area contributed by atoms with Gasteiger partial charge in [-0.25, -0.2) is 0 Å². The number of pyridine rings is 1. The third-order valence-electron chi connectivity index (χ3n) is 2.10. The molecular weight excluding hydrogens is 302 g/mol. The highest BCUT2D eigenvalue weighted by Crippen LogP contribution is 2.37. The maximum atomic E-state index is 10.9. The van der Waals surface area contributed by atoms with Gasteiger partial charge in [-0.15, -0.1) is 0 Å². The van der Waals surface area contributed by atoms with Gasteiger partial charge in [-0.2, -0.15) is 0 Å². The molecule has 0 unspecified atom stereocenters. The van der Waals surface area contributed by atoms with E-state index in [9.17, 15) is 10.1 Å². The molecule has 92 valence electrons. The number of hydrogen-bond donors (Lipinski definition) is 1. The number of halogens is 1. The molecule has 0 aliphatic rings. The van der Waals surface area contributed by atoms with Gasteiger partial charge in [0.25, 0.3) is 0 Å². The van der Waals surface area contributed by atoms with E-state index >= 15 is 0 Å². The van der Waals surface area contributed by atoms with Gasteiger partial charge < -0.3 is 10.5 Å². The summed E-state index contributed by atoms with van der Waals surface area (Å²) in [6.07, 6.45) is 2.89. The van der Waals surface area contributed by atoms with E-state index < -0.39 is 4.92 Å². The molecule has 1 heterocycles. The summed E-state index contributed by atoms with van der Waals surface area (Å²) in [5, 5.41) is 10.9. The Morgan fingerprint density at radius 2 is 2.17 bits per heavy atom. The summed E-state index contributed by atoms with van der Waals surface area (Å²) < 4.78 is 5.94. The number of para-hydroxylation sites is 1. The summed E-state index contributed by atoms with van der Waals surface area (Å²) in [5.74, 6) is 0.458. The first-order chi connectivity index (χ1) is 8.58. The SMILES string of the molecule is Nc1cncc(Oc2c(Br)cccc2[N+](=O)[O-])c1. The molecule has 0 atom stereocenters. The van der Waals surface area contributed by atoms with Crippen LogP contribution >= 0.6 is 15.9 Å². The standard InChI is InChI=1S/C11H8BrN3O3/c12-9-2-1-3-10(15(16)17)11(9)18-8-4-7(13)5-14-6-8/h1-6H,13H2. The molecule has 0 fully saturated rings. The Morgan fingerprint density at radius 1 is 1.39 bits per heavy atom. The minimum absolute atomic E-state index is 0.120. The average molecular weight is 310 g/mol. The summed E-state index contributed by atoms with van der Waals surface area (Å²) in [7, 11) is 0. The molecule has 18 heavy (non-hydrogen) atoms. The monoisotopic (exact) mass is 309 g/mol. The minimum atomic E-state index is -0.514. The molecule has 0 saturated heterocycles. The first-order valence-corrected chi connectivity index (χ1v) is 5.68. The average Bonchev–Trinajstić information content (AvgIpc) is 2.31. The van der Waals surface area contributed by atoms with Crippen LogP contribution in [-0.2, 0) is 0 Å². The van der Waals surface area contributed by atoms with E-state index in [1.807, 2.05) is 0 Å². The molecule has 0 aliphatic carbocycles. The van der Waals surface area contributed by atoms with Crippen molar-refractivity contribution in [2.45, 2.75) is 0 Å². The smallest absolute Gasteiger partial charge is 0.312 e. The molecule has 1 aromatic heterocycles. The topological polar surface area (TPSA) is 91.3 Å². The van der Waals surface area contributed by atoms with Crippen LogP contribution in [0.3, 0.4) is 0 Å². The van der Waals surface area contributed by atoms with Gasteiger partial charge in [-0.05, 0) is 22.0 Å². The van der Waals surface area contributed by atoms with Crippen molar-refractivity contribution in [2.24, 2.45) is 0 Å². The largest absolute Gasteiger partial charge is 0.447 e. The van der Waals surface area contributed by atoms with Crippen LogP contribution in [0.2, 0.25) is 0 Å². The zero-order valence-electron chi connectivity index (χ0n) is 9.04. The van der Waals surface area contributed by atoms with E-state index in [0.717, 1.165) is 0 Å². The van der Waals surface area contributed by atoms with Gasteiger partial charge in [0.1, 0.15) is 5.75 Å². The second-order valence-electron chi connectivity index (χ2n) is 3.40. The molecule has 7 heteroatoms. The van der Waals surface area contributed by atoms with Crippen molar-refractivity contribution < 1.29 is 9.66 Å². The second kappa shape index (κ2) is 5.01. The summed E-state index contributed by atoms with van der Waals surface area (Å²) in [4.78, 5) is 14.2. The molecule has 0 saturated carbocycles. The Hall–Kier alpha value is -2.15. The van der Waals surface area contributed by atoms with Gasteiger partial charge >= 0.3 is 5.69 Å². The number of nitro groups is 1. The Balaban J connectivity index is 2.42. The Morgan fingerprint density at radius 3 is 2.83 bits per heavy atom. The molecule has 6 nitrogen and oxygen atoms in total. The van der Waals surface area contributed by atoms with E-state index in [1.54, 1.807) is 12.1 Å². The summed E-state index contributed by atoms with van der Waals surface area (Å²) in [5.41, 5.74) is 5.85. The molecule has 0 amide bonds. The predicted molar refractivity (Wildman–Crippen MR) is 69.5 cm³/mol. The maximum absolute atomic E-state index is 10.9. The fourth-order valence-corrected chi connectivity index (χ4v) is 1.79. The highest BCUT2D eigenvalue weighted by atomic mass is 79.9. The molecule has 0 aliphatic heterocycles. The summed E-state index contributed by atoms with van der Waals surface area (Å²) in [6, 6.07) is 6.12. The van der Waals surface area contributed by atoms with Gasteiger partial charge in [-0.3, -0.25) is 15.1 Å². The fraction of sp³-hybridized carbons (Fsp3) is 0. The van der Waals surface area contributed by atoms with Crippen molar-refractivity contribution >= 4 is 27.3 Å². The minimum Gasteiger partial charge on any atom is -0.447 e. The van der Waals surface area contributed by atoms with Crippen molar-refractivity contribution in [3.8, 4) is 11.5 Å². The summed E-state index contributed by atoms with van der Waals surface area (Å²) in [6.45, 7) is 0. The second-order valence-corrected chi connectivity index (χ2v) is 4.26. The number of nitrogens with zero attached hydrogens (tertiary/aromatic N) is 2. The van der Waals surface area contributed by atoms with Crippen LogP contribution in [0.5, 0.6) is 11.5 Å². The molecule has 2 N–H and O–H groups in total. The zero-order valence-corrected chi connectivity index (χ0v) is 10.6. The number of benzene rings is 1. The molecule has 2 rings (SSSR count). The third-order valence-corrected chi connectivity index (χ3v) is 2.72. The first kappa shape index (κ1) is 12.3. The Bertz CT molecular complexity index is 604. The quantitative estimate of drug-likeness (QED) is 0.694. The molecule has 2 aromatic rings. The molecule has 0 radical (unpaired) electrons. The normalized spacial score (nSPS) is 10.1. The number of aromatic nitrogens is 1. The molecular formula is C11H8BrN3O3. The highest BCUT2D eigenvalue weighted by molar-refractivity contribution is 9.10. The number of nitrogen functional groups attached to an aromatic ring is 1. The van der Waals surface area contributed by atoms with Crippen molar-refractivity contribution in [1.29, 1.82) is 0 Å². The van der Waals surface area contributed by atoms with Crippen molar-refractivity contribution in [1.82, 2.24) is 4.98 Å². The van der Waals surface area contributed by atoms with Crippen molar-refractivity contribution in [3.63, 3.8) is 0 Å². The van der Waals surface area contributed by atoms with Gasteiger partial charge in [0.15, 0.2) is 0 Å². The van der Waals surface area contributed by atoms with Crippen LogP contribution in [0.4, 0.5) is 11.4 Å². The van der Waals surface area contributed by atoms with E-state index in [-0.39, 0.29) is 11.4 Å². The van der Waals surface area contributed by atoms with Gasteiger partial charge in [0.2, 0.25) is 5.75 Å². The number of nitro benzene ring substituents is 1. The first-order valence-electron chi connectivity index (χ1n) is 4.89. The number of anilines is 1. The van der Waals surface area contributed by atoms with Crippen LogP contribution in [0.15, 0.2) is 41.1 Å². The number of ether oxygens (including phenoxy) is 1. The van der Waals surface area contributed by atoms with E-state index in [0.29, 0.717) is 15.9 Å². The van der Waals surface area contributed by atoms with Gasteiger partial charge in [0, 0.05) is 12.1 Å². The fourth-order valence-electron chi connectivity index (χ4n) is 1.35.